The molecule has 2 heteroatoms. The van der Waals surface area contributed by atoms with Gasteiger partial charge in [-0.2, -0.15) is 0 Å². The zero-order valence-electron chi connectivity index (χ0n) is 11.3. The molecular formula is C12H30N2. The number of hydrogen-bond acceptors (Lipinski definition) is 2. The normalized spacial score (nSPS) is 23.8. The Morgan fingerprint density at radius 3 is 1.86 bits per heavy atom. The fourth-order valence-electron chi connectivity index (χ4n) is 1.29. The Balaban J connectivity index is 0. The van der Waals surface area contributed by atoms with E-state index in [1.54, 1.807) is 0 Å². The summed E-state index contributed by atoms with van der Waals surface area (Å²) in [5.41, 5.74) is 0. The minimum absolute atomic E-state index is 0.768. The first-order chi connectivity index (χ1) is 6.70. The molecule has 0 saturated carbocycles. The summed E-state index contributed by atoms with van der Waals surface area (Å²) < 4.78 is 0. The van der Waals surface area contributed by atoms with E-state index in [0.717, 1.165) is 6.04 Å². The first kappa shape index (κ1) is 16.4. The van der Waals surface area contributed by atoms with Crippen molar-refractivity contribution in [1.82, 2.24) is 9.80 Å². The number of hydrogen-bond donors (Lipinski definition) is 0. The maximum atomic E-state index is 2.43. The first-order valence-electron chi connectivity index (χ1n) is 6.09. The zero-order chi connectivity index (χ0) is 11.6. The van der Waals surface area contributed by atoms with Crippen molar-refractivity contribution in [1.29, 1.82) is 0 Å². The Hall–Kier alpha value is -0.0800. The lowest BCUT2D eigenvalue weighted by Gasteiger charge is -2.20. The summed E-state index contributed by atoms with van der Waals surface area (Å²) in [6, 6.07) is 0.768. The van der Waals surface area contributed by atoms with Crippen LogP contribution < -0.4 is 0 Å². The van der Waals surface area contributed by atoms with E-state index < -0.39 is 0 Å². The van der Waals surface area contributed by atoms with Crippen LogP contribution >= 0.6 is 0 Å². The lowest BCUT2D eigenvalue weighted by Crippen LogP contribution is -2.30. The molecule has 2 nitrogen and oxygen atoms in total. The molecule has 0 aliphatic carbocycles. The number of nitrogens with zero attached hydrogens (tertiary/aromatic N) is 2. The highest BCUT2D eigenvalue weighted by atomic mass is 15.2. The van der Waals surface area contributed by atoms with Crippen LogP contribution in [0.4, 0.5) is 0 Å². The summed E-state index contributed by atoms with van der Waals surface area (Å²) in [5, 5.41) is 0. The molecule has 0 bridgehead atoms. The van der Waals surface area contributed by atoms with Crippen LogP contribution in [0.1, 0.15) is 41.0 Å². The third-order valence-electron chi connectivity index (χ3n) is 2.52. The molecule has 1 heterocycles. The lowest BCUT2D eigenvalue weighted by molar-refractivity contribution is 0.267. The molecule has 1 unspecified atom stereocenters. The second kappa shape index (κ2) is 11.0. The Kier molecular flexibility index (Phi) is 12.8. The number of rotatable bonds is 0. The van der Waals surface area contributed by atoms with Crippen molar-refractivity contribution in [3.63, 3.8) is 0 Å². The molecule has 1 fully saturated rings. The van der Waals surface area contributed by atoms with E-state index in [2.05, 4.69) is 30.8 Å². The molecule has 1 atom stereocenters. The van der Waals surface area contributed by atoms with E-state index in [1.807, 2.05) is 27.7 Å². The maximum Gasteiger partial charge on any atom is 0.0109 e. The topological polar surface area (TPSA) is 6.48 Å². The van der Waals surface area contributed by atoms with Gasteiger partial charge in [0.25, 0.3) is 0 Å². The first-order valence-corrected chi connectivity index (χ1v) is 6.09. The summed E-state index contributed by atoms with van der Waals surface area (Å²) in [7, 11) is 4.41. The van der Waals surface area contributed by atoms with Crippen molar-refractivity contribution >= 4 is 0 Å². The average Bonchev–Trinajstić information content (AvgIpc) is 2.40. The van der Waals surface area contributed by atoms with E-state index in [9.17, 15) is 0 Å². The monoisotopic (exact) mass is 202 g/mol. The van der Waals surface area contributed by atoms with Gasteiger partial charge in [0.05, 0.1) is 0 Å². The molecule has 0 aromatic carbocycles. The predicted molar refractivity (Wildman–Crippen MR) is 66.9 cm³/mol. The average molecular weight is 202 g/mol. The van der Waals surface area contributed by atoms with Crippen molar-refractivity contribution in [2.24, 2.45) is 0 Å². The minimum Gasteiger partial charge on any atom is -0.305 e. The second-order valence-electron chi connectivity index (χ2n) is 3.42. The van der Waals surface area contributed by atoms with Crippen molar-refractivity contribution in [2.45, 2.75) is 47.1 Å². The van der Waals surface area contributed by atoms with Gasteiger partial charge in [0.1, 0.15) is 0 Å². The van der Waals surface area contributed by atoms with Gasteiger partial charge in [-0.3, -0.25) is 0 Å². The molecule has 0 radical (unpaired) electrons. The molecule has 1 aliphatic rings. The van der Waals surface area contributed by atoms with E-state index in [1.165, 1.54) is 26.1 Å². The van der Waals surface area contributed by atoms with Crippen LogP contribution in [-0.2, 0) is 0 Å². The standard InChI is InChI=1S/C8H18N2.2C2H6/c1-8-4-5-9(2)6-7-10(8)3;2*1-2/h8H,4-7H2,1-3H3;2*1-2H3. The summed E-state index contributed by atoms with van der Waals surface area (Å²) in [5.74, 6) is 0. The fourth-order valence-corrected chi connectivity index (χ4v) is 1.29. The fraction of sp³-hybridized carbons (Fsp3) is 1.00. The van der Waals surface area contributed by atoms with Crippen LogP contribution in [0.15, 0.2) is 0 Å². The van der Waals surface area contributed by atoms with Crippen LogP contribution in [0.5, 0.6) is 0 Å². The summed E-state index contributed by atoms with van der Waals surface area (Å²) in [6.07, 6.45) is 1.31. The molecule has 0 aromatic rings. The van der Waals surface area contributed by atoms with Crippen LogP contribution in [0.3, 0.4) is 0 Å². The summed E-state index contributed by atoms with van der Waals surface area (Å²) in [6.45, 7) is 14.0. The molecule has 0 spiro atoms. The van der Waals surface area contributed by atoms with Gasteiger partial charge in [-0.25, -0.2) is 0 Å². The van der Waals surface area contributed by atoms with Crippen molar-refractivity contribution in [2.75, 3.05) is 33.7 Å². The Morgan fingerprint density at radius 1 is 0.857 bits per heavy atom. The van der Waals surface area contributed by atoms with Crippen LogP contribution in [0.25, 0.3) is 0 Å². The van der Waals surface area contributed by atoms with Gasteiger partial charge in [-0.1, -0.05) is 27.7 Å². The van der Waals surface area contributed by atoms with Gasteiger partial charge in [0.15, 0.2) is 0 Å². The Labute approximate surface area is 91.3 Å². The molecule has 88 valence electrons. The highest BCUT2D eigenvalue weighted by Crippen LogP contribution is 2.05. The molecule has 0 aromatic heterocycles. The van der Waals surface area contributed by atoms with Gasteiger partial charge < -0.3 is 9.80 Å². The molecular weight excluding hydrogens is 172 g/mol. The van der Waals surface area contributed by atoms with E-state index in [0.29, 0.717) is 0 Å². The maximum absolute atomic E-state index is 2.43. The van der Waals surface area contributed by atoms with Gasteiger partial charge in [-0.15, -0.1) is 0 Å². The third-order valence-corrected chi connectivity index (χ3v) is 2.52. The SMILES string of the molecule is CC.CC.CC1CCN(C)CCN1C. The minimum atomic E-state index is 0.768. The molecule has 1 saturated heterocycles. The largest absolute Gasteiger partial charge is 0.305 e. The molecule has 14 heavy (non-hydrogen) atoms. The lowest BCUT2D eigenvalue weighted by atomic mass is 10.2. The van der Waals surface area contributed by atoms with Gasteiger partial charge in [0.2, 0.25) is 0 Å². The van der Waals surface area contributed by atoms with Crippen LogP contribution in [0.2, 0.25) is 0 Å². The Morgan fingerprint density at radius 2 is 1.36 bits per heavy atom. The van der Waals surface area contributed by atoms with E-state index in [-0.39, 0.29) is 0 Å². The molecule has 0 N–H and O–H groups in total. The van der Waals surface area contributed by atoms with E-state index in [4.69, 9.17) is 0 Å². The Bertz CT molecular complexity index is 92.5. The molecule has 1 aliphatic heterocycles. The predicted octanol–water partition coefficient (Wildman–Crippen LogP) is 2.69. The van der Waals surface area contributed by atoms with E-state index >= 15 is 0 Å². The molecule has 0 amide bonds. The second-order valence-corrected chi connectivity index (χ2v) is 3.42. The summed E-state index contributed by atoms with van der Waals surface area (Å²) in [4.78, 5) is 4.84. The van der Waals surface area contributed by atoms with Crippen LogP contribution in [-0.4, -0.2) is 49.6 Å². The third kappa shape index (κ3) is 7.34. The molecule has 1 rings (SSSR count). The van der Waals surface area contributed by atoms with Gasteiger partial charge >= 0.3 is 0 Å². The number of likely N-dealkylation sites (N-methyl/N-ethyl adjacent to an activating group) is 2. The van der Waals surface area contributed by atoms with Crippen molar-refractivity contribution in [3.8, 4) is 0 Å². The van der Waals surface area contributed by atoms with Crippen molar-refractivity contribution in [3.05, 3.63) is 0 Å². The quantitative estimate of drug-likeness (QED) is 0.596. The zero-order valence-corrected chi connectivity index (χ0v) is 11.3. The smallest absolute Gasteiger partial charge is 0.0109 e. The van der Waals surface area contributed by atoms with Crippen LogP contribution in [0, 0.1) is 0 Å². The van der Waals surface area contributed by atoms with Gasteiger partial charge in [-0.05, 0) is 34.0 Å². The van der Waals surface area contributed by atoms with Crippen molar-refractivity contribution < 1.29 is 0 Å². The highest BCUT2D eigenvalue weighted by Gasteiger charge is 2.14. The van der Waals surface area contributed by atoms with Gasteiger partial charge in [0, 0.05) is 19.1 Å². The highest BCUT2D eigenvalue weighted by molar-refractivity contribution is 4.70. The summed E-state index contributed by atoms with van der Waals surface area (Å²) >= 11 is 0.